The molecule has 4 rings (SSSR count). The van der Waals surface area contributed by atoms with Gasteiger partial charge in [-0.25, -0.2) is 0 Å². The van der Waals surface area contributed by atoms with E-state index in [1.807, 2.05) is 18.2 Å². The van der Waals surface area contributed by atoms with Crippen LogP contribution in [0.5, 0.6) is 0 Å². The van der Waals surface area contributed by atoms with Gasteiger partial charge in [0.2, 0.25) is 0 Å². The third kappa shape index (κ3) is 4.25. The van der Waals surface area contributed by atoms with Crippen molar-refractivity contribution in [1.29, 1.82) is 0 Å². The number of aromatic nitrogens is 1. The highest BCUT2D eigenvalue weighted by atomic mass is 35.5. The second-order valence-corrected chi connectivity index (χ2v) is 8.06. The summed E-state index contributed by atoms with van der Waals surface area (Å²) in [4.78, 5) is 13.4. The molecular weight excluding hydrogens is 358 g/mol. The second-order valence-electron chi connectivity index (χ2n) is 7.62. The molecule has 1 unspecified atom stereocenters. The molecule has 2 saturated heterocycles. The molecular formula is C21H30ClN5. The molecule has 6 heteroatoms. The van der Waals surface area contributed by atoms with Crippen LogP contribution < -0.4 is 5.32 Å². The van der Waals surface area contributed by atoms with Crippen LogP contribution in [0.4, 0.5) is 0 Å². The van der Waals surface area contributed by atoms with Crippen LogP contribution >= 0.6 is 11.6 Å². The zero-order valence-electron chi connectivity index (χ0n) is 16.2. The maximum Gasteiger partial charge on any atom is 0.193 e. The van der Waals surface area contributed by atoms with Crippen LogP contribution in [0.25, 0.3) is 10.9 Å². The van der Waals surface area contributed by atoms with Crippen LogP contribution in [0.1, 0.15) is 31.7 Å². The van der Waals surface area contributed by atoms with Gasteiger partial charge in [-0.2, -0.15) is 0 Å². The molecule has 2 aliphatic rings. The largest absolute Gasteiger partial charge is 0.361 e. The number of aliphatic imine (C=N–C) groups is 1. The van der Waals surface area contributed by atoms with Crippen LogP contribution in [0.2, 0.25) is 5.02 Å². The lowest BCUT2D eigenvalue weighted by Gasteiger charge is -2.25. The monoisotopic (exact) mass is 387 g/mol. The maximum atomic E-state index is 6.16. The normalized spacial score (nSPS) is 21.5. The lowest BCUT2D eigenvalue weighted by atomic mass is 10.1. The fraction of sp³-hybridized carbons (Fsp3) is 0.571. The average molecular weight is 388 g/mol. The van der Waals surface area contributed by atoms with Crippen molar-refractivity contribution in [3.05, 3.63) is 35.0 Å². The van der Waals surface area contributed by atoms with Gasteiger partial charge in [0.1, 0.15) is 0 Å². The number of guanidine groups is 1. The number of fused-ring (bicyclic) bond motifs is 1. The number of nitrogens with one attached hydrogen (secondary N) is 2. The summed E-state index contributed by atoms with van der Waals surface area (Å²) in [6.45, 7) is 8.60. The lowest BCUT2D eigenvalue weighted by molar-refractivity contribution is 0.249. The van der Waals surface area contributed by atoms with Crippen molar-refractivity contribution in [3.8, 4) is 0 Å². The van der Waals surface area contributed by atoms with Gasteiger partial charge < -0.3 is 15.2 Å². The van der Waals surface area contributed by atoms with Crippen LogP contribution in [0, 0.1) is 0 Å². The van der Waals surface area contributed by atoms with Gasteiger partial charge in [0.05, 0.1) is 0 Å². The van der Waals surface area contributed by atoms with Gasteiger partial charge in [-0.1, -0.05) is 11.6 Å². The summed E-state index contributed by atoms with van der Waals surface area (Å²) >= 11 is 6.16. The molecule has 27 heavy (non-hydrogen) atoms. The quantitative estimate of drug-likeness (QED) is 0.609. The fourth-order valence-electron chi connectivity index (χ4n) is 4.40. The molecule has 0 aliphatic carbocycles. The third-order valence-corrected chi connectivity index (χ3v) is 6.06. The van der Waals surface area contributed by atoms with E-state index in [0.29, 0.717) is 6.04 Å². The van der Waals surface area contributed by atoms with Crippen LogP contribution in [0.15, 0.2) is 29.4 Å². The van der Waals surface area contributed by atoms with E-state index in [-0.39, 0.29) is 0 Å². The van der Waals surface area contributed by atoms with E-state index in [1.54, 1.807) is 0 Å². The van der Waals surface area contributed by atoms with Gasteiger partial charge in [0, 0.05) is 54.3 Å². The fourth-order valence-corrected chi connectivity index (χ4v) is 4.58. The molecule has 1 aromatic carbocycles. The second kappa shape index (κ2) is 8.53. The minimum atomic E-state index is 0.701. The van der Waals surface area contributed by atoms with Gasteiger partial charge in [0.15, 0.2) is 5.96 Å². The van der Waals surface area contributed by atoms with Crippen LogP contribution in [-0.4, -0.2) is 66.1 Å². The number of hydrogen-bond donors (Lipinski definition) is 2. The minimum absolute atomic E-state index is 0.701. The van der Waals surface area contributed by atoms with E-state index < -0.39 is 0 Å². The number of nitrogens with zero attached hydrogens (tertiary/aromatic N) is 3. The van der Waals surface area contributed by atoms with E-state index in [1.165, 1.54) is 43.3 Å². The summed E-state index contributed by atoms with van der Waals surface area (Å²) in [5.74, 6) is 1.07. The van der Waals surface area contributed by atoms with Crippen molar-refractivity contribution >= 4 is 28.5 Å². The van der Waals surface area contributed by atoms with Gasteiger partial charge in [-0.15, -0.1) is 0 Å². The highest BCUT2D eigenvalue weighted by Gasteiger charge is 2.30. The van der Waals surface area contributed by atoms with E-state index in [2.05, 4.69) is 33.2 Å². The third-order valence-electron chi connectivity index (χ3n) is 5.83. The zero-order chi connectivity index (χ0) is 18.6. The zero-order valence-corrected chi connectivity index (χ0v) is 16.9. The molecule has 1 atom stereocenters. The number of H-pyrrole nitrogens is 1. The van der Waals surface area contributed by atoms with Gasteiger partial charge in [0.25, 0.3) is 0 Å². The summed E-state index contributed by atoms with van der Waals surface area (Å²) in [5, 5.41) is 5.48. The summed E-state index contributed by atoms with van der Waals surface area (Å²) in [6, 6.07) is 6.71. The van der Waals surface area contributed by atoms with Crippen LogP contribution in [-0.2, 0) is 6.42 Å². The Morgan fingerprint density at radius 2 is 2.15 bits per heavy atom. The van der Waals surface area contributed by atoms with Crippen molar-refractivity contribution in [1.82, 2.24) is 20.1 Å². The number of likely N-dealkylation sites (tertiary alicyclic amines) is 2. The summed E-state index contributed by atoms with van der Waals surface area (Å²) in [7, 11) is 0. The SMILES string of the molecule is CCNC(=NCCc1c[nH]c2ccc(Cl)cc12)N1CCC(N2CCCC2)C1. The van der Waals surface area contributed by atoms with E-state index in [0.717, 1.165) is 49.1 Å². The van der Waals surface area contributed by atoms with Crippen LogP contribution in [0.3, 0.4) is 0 Å². The van der Waals surface area contributed by atoms with E-state index in [4.69, 9.17) is 16.6 Å². The molecule has 0 spiro atoms. The van der Waals surface area contributed by atoms with Gasteiger partial charge in [-0.05, 0) is 69.5 Å². The number of hydrogen-bond acceptors (Lipinski definition) is 2. The lowest BCUT2D eigenvalue weighted by Crippen LogP contribution is -2.42. The smallest absolute Gasteiger partial charge is 0.193 e. The number of rotatable bonds is 5. The molecule has 1 aromatic heterocycles. The van der Waals surface area contributed by atoms with E-state index in [9.17, 15) is 0 Å². The Morgan fingerprint density at radius 3 is 2.96 bits per heavy atom. The van der Waals surface area contributed by atoms with Crippen molar-refractivity contribution in [3.63, 3.8) is 0 Å². The number of halogens is 1. The van der Waals surface area contributed by atoms with E-state index >= 15 is 0 Å². The molecule has 5 nitrogen and oxygen atoms in total. The molecule has 0 saturated carbocycles. The Kier molecular flexibility index (Phi) is 5.89. The van der Waals surface area contributed by atoms with Crippen molar-refractivity contribution in [2.75, 3.05) is 39.3 Å². The summed E-state index contributed by atoms with van der Waals surface area (Å²) < 4.78 is 0. The molecule has 2 N–H and O–H groups in total. The van der Waals surface area contributed by atoms with Gasteiger partial charge >= 0.3 is 0 Å². The van der Waals surface area contributed by atoms with Crippen molar-refractivity contribution < 1.29 is 0 Å². The molecule has 0 bridgehead atoms. The Labute approximate surface area is 166 Å². The molecule has 3 heterocycles. The molecule has 0 amide bonds. The molecule has 2 aliphatic heterocycles. The first kappa shape index (κ1) is 18.6. The molecule has 0 radical (unpaired) electrons. The first-order valence-electron chi connectivity index (χ1n) is 10.3. The van der Waals surface area contributed by atoms with Crippen molar-refractivity contribution in [2.45, 2.75) is 38.6 Å². The van der Waals surface area contributed by atoms with Gasteiger partial charge in [-0.3, -0.25) is 9.89 Å². The Bertz CT molecular complexity index is 793. The Hall–Kier alpha value is -1.72. The topological polar surface area (TPSA) is 46.7 Å². The molecule has 2 aromatic rings. The number of benzene rings is 1. The predicted molar refractivity (Wildman–Crippen MR) is 114 cm³/mol. The first-order valence-corrected chi connectivity index (χ1v) is 10.6. The standard InChI is InChI=1S/C21H30ClN5/c1-2-23-21(27-12-8-18(15-27)26-10-3-4-11-26)24-9-7-16-14-25-20-6-5-17(22)13-19(16)20/h5-6,13-14,18,25H,2-4,7-12,15H2,1H3,(H,23,24). The van der Waals surface area contributed by atoms with Crippen molar-refractivity contribution in [2.24, 2.45) is 4.99 Å². The minimum Gasteiger partial charge on any atom is -0.361 e. The highest BCUT2D eigenvalue weighted by molar-refractivity contribution is 6.31. The number of aromatic amines is 1. The molecule has 146 valence electrons. The predicted octanol–water partition coefficient (Wildman–Crippen LogP) is 3.50. The Morgan fingerprint density at radius 1 is 1.30 bits per heavy atom. The molecule has 2 fully saturated rings. The average Bonchev–Trinajstić information content (AvgIpc) is 3.41. The summed E-state index contributed by atoms with van der Waals surface area (Å²) in [5.41, 5.74) is 2.42. The Balaban J connectivity index is 1.39. The summed E-state index contributed by atoms with van der Waals surface area (Å²) in [6.07, 6.45) is 6.98. The highest BCUT2D eigenvalue weighted by Crippen LogP contribution is 2.23. The first-order chi connectivity index (χ1) is 13.2. The maximum absolute atomic E-state index is 6.16.